The van der Waals surface area contributed by atoms with Gasteiger partial charge in [0.15, 0.2) is 6.61 Å². The molecule has 7 heteroatoms. The molecule has 0 spiro atoms. The summed E-state index contributed by atoms with van der Waals surface area (Å²) in [5.74, 6) is 0.599. The van der Waals surface area contributed by atoms with Crippen molar-refractivity contribution in [1.29, 1.82) is 0 Å². The summed E-state index contributed by atoms with van der Waals surface area (Å²) in [4.78, 5) is 29.6. The summed E-state index contributed by atoms with van der Waals surface area (Å²) in [5.41, 5.74) is 9.61. The second-order valence-corrected chi connectivity index (χ2v) is 8.43. The van der Waals surface area contributed by atoms with E-state index in [-0.39, 0.29) is 18.9 Å². The van der Waals surface area contributed by atoms with Gasteiger partial charge in [0.1, 0.15) is 11.6 Å². The zero-order chi connectivity index (χ0) is 25.5. The molecule has 0 atom stereocenters. The van der Waals surface area contributed by atoms with Gasteiger partial charge in [-0.1, -0.05) is 78.9 Å². The smallest absolute Gasteiger partial charge is 0.276 e. The van der Waals surface area contributed by atoms with E-state index in [0.717, 1.165) is 33.7 Å². The highest BCUT2D eigenvalue weighted by Crippen LogP contribution is 2.29. The van der Waals surface area contributed by atoms with Crippen molar-refractivity contribution in [3.8, 4) is 22.6 Å². The number of rotatable bonds is 8. The number of benzene rings is 4. The third-order valence-corrected chi connectivity index (χ3v) is 5.89. The molecule has 0 radical (unpaired) electrons. The molecular weight excluding hydrogens is 464 g/mol. The average Bonchev–Trinajstić information content (AvgIpc) is 3.33. The second-order valence-electron chi connectivity index (χ2n) is 8.43. The van der Waals surface area contributed by atoms with E-state index >= 15 is 0 Å². The van der Waals surface area contributed by atoms with Crippen LogP contribution in [0.5, 0.6) is 5.75 Å². The van der Waals surface area contributed by atoms with Crippen molar-refractivity contribution in [1.82, 2.24) is 20.4 Å². The van der Waals surface area contributed by atoms with Crippen molar-refractivity contribution < 1.29 is 14.3 Å². The molecule has 1 heterocycles. The van der Waals surface area contributed by atoms with E-state index in [0.29, 0.717) is 12.2 Å². The number of hydrogen-bond donors (Lipinski definition) is 2. The van der Waals surface area contributed by atoms with E-state index in [1.165, 1.54) is 0 Å². The van der Waals surface area contributed by atoms with E-state index in [4.69, 9.17) is 9.72 Å². The van der Waals surface area contributed by atoms with Crippen LogP contribution in [0.3, 0.4) is 0 Å². The minimum absolute atomic E-state index is 0.161. The van der Waals surface area contributed by atoms with Gasteiger partial charge in [-0.3, -0.25) is 25.0 Å². The molecule has 0 saturated heterocycles. The molecule has 2 amide bonds. The predicted molar refractivity (Wildman–Crippen MR) is 143 cm³/mol. The molecule has 7 nitrogen and oxygen atoms in total. The lowest BCUT2D eigenvalue weighted by molar-refractivity contribution is -0.130. The Morgan fingerprint density at radius 3 is 2.19 bits per heavy atom. The van der Waals surface area contributed by atoms with Crippen molar-refractivity contribution >= 4 is 22.8 Å². The predicted octanol–water partition coefficient (Wildman–Crippen LogP) is 4.85. The monoisotopic (exact) mass is 490 g/mol. The minimum Gasteiger partial charge on any atom is -0.483 e. The highest BCUT2D eigenvalue weighted by atomic mass is 16.5. The van der Waals surface area contributed by atoms with Crippen molar-refractivity contribution in [3.05, 3.63) is 115 Å². The Morgan fingerprint density at radius 2 is 1.38 bits per heavy atom. The summed E-state index contributed by atoms with van der Waals surface area (Å²) in [6, 6.07) is 35.1. The first-order valence-corrected chi connectivity index (χ1v) is 12.1. The first-order chi connectivity index (χ1) is 18.2. The number of ether oxygens (including phenoxy) is 1. The lowest BCUT2D eigenvalue weighted by Crippen LogP contribution is -2.44. The highest BCUT2D eigenvalue weighted by molar-refractivity contribution is 5.83. The molecule has 5 aromatic rings. The Bertz CT molecular complexity index is 1510. The van der Waals surface area contributed by atoms with E-state index in [1.807, 2.05) is 109 Å². The molecule has 5 rings (SSSR count). The van der Waals surface area contributed by atoms with Crippen LogP contribution in [0.15, 0.2) is 109 Å². The molecule has 0 bridgehead atoms. The number of carbonyl (C=O) groups is 2. The molecule has 0 unspecified atom stereocenters. The van der Waals surface area contributed by atoms with Gasteiger partial charge < -0.3 is 4.74 Å². The van der Waals surface area contributed by atoms with Gasteiger partial charge in [0, 0.05) is 24.1 Å². The Morgan fingerprint density at radius 1 is 0.730 bits per heavy atom. The number of amides is 2. The largest absolute Gasteiger partial charge is 0.483 e. The van der Waals surface area contributed by atoms with Crippen LogP contribution in [0.25, 0.3) is 27.8 Å². The SMILES string of the molecule is O=C(CCc1nc2ccccc2n1-c1ccccc1)NNC(=O)COc1ccccc1-c1ccccc1. The number of hydrazine groups is 1. The maximum absolute atomic E-state index is 12.5. The number of nitrogens with one attached hydrogen (secondary N) is 2. The van der Waals surface area contributed by atoms with Crippen molar-refractivity contribution in [2.24, 2.45) is 0 Å². The van der Waals surface area contributed by atoms with Gasteiger partial charge in [0.2, 0.25) is 5.91 Å². The fourth-order valence-corrected chi connectivity index (χ4v) is 4.16. The van der Waals surface area contributed by atoms with E-state index in [2.05, 4.69) is 15.4 Å². The standard InChI is InChI=1S/C30H26N4O3/c35-29(20-19-28-31-25-16-8-9-17-26(25)34(28)23-13-5-2-6-14-23)32-33-30(36)21-37-27-18-10-7-15-24(27)22-11-3-1-4-12-22/h1-18H,19-21H2,(H,32,35)(H,33,36). The summed E-state index contributed by atoms with van der Waals surface area (Å²) in [5, 5.41) is 0. The summed E-state index contributed by atoms with van der Waals surface area (Å²) < 4.78 is 7.79. The van der Waals surface area contributed by atoms with Crippen LogP contribution >= 0.6 is 0 Å². The molecular formula is C30H26N4O3. The molecule has 2 N–H and O–H groups in total. The Hall–Kier alpha value is -4.91. The zero-order valence-electron chi connectivity index (χ0n) is 20.1. The molecule has 37 heavy (non-hydrogen) atoms. The summed E-state index contributed by atoms with van der Waals surface area (Å²) in [7, 11) is 0. The fourth-order valence-electron chi connectivity index (χ4n) is 4.16. The highest BCUT2D eigenvalue weighted by Gasteiger charge is 2.14. The molecule has 0 aliphatic heterocycles. The molecule has 0 fully saturated rings. The first kappa shape index (κ1) is 23.8. The van der Waals surface area contributed by atoms with Gasteiger partial charge in [-0.05, 0) is 35.9 Å². The van der Waals surface area contributed by atoms with Crippen molar-refractivity contribution in [2.45, 2.75) is 12.8 Å². The maximum atomic E-state index is 12.5. The van der Waals surface area contributed by atoms with E-state index < -0.39 is 5.91 Å². The number of hydrogen-bond acceptors (Lipinski definition) is 4. The third-order valence-electron chi connectivity index (χ3n) is 5.89. The summed E-state index contributed by atoms with van der Waals surface area (Å²) in [6.45, 7) is -0.228. The number of aromatic nitrogens is 2. The maximum Gasteiger partial charge on any atom is 0.276 e. The van der Waals surface area contributed by atoms with E-state index in [9.17, 15) is 9.59 Å². The number of aryl methyl sites for hydroxylation is 1. The average molecular weight is 491 g/mol. The van der Waals surface area contributed by atoms with E-state index in [1.54, 1.807) is 0 Å². The zero-order valence-corrected chi connectivity index (χ0v) is 20.1. The van der Waals surface area contributed by atoms with Crippen LogP contribution in [-0.4, -0.2) is 28.0 Å². The minimum atomic E-state index is -0.451. The van der Waals surface area contributed by atoms with Crippen LogP contribution in [0.4, 0.5) is 0 Å². The van der Waals surface area contributed by atoms with Crippen molar-refractivity contribution in [2.75, 3.05) is 6.61 Å². The number of nitrogens with zero attached hydrogens (tertiary/aromatic N) is 2. The van der Waals surface area contributed by atoms with Gasteiger partial charge >= 0.3 is 0 Å². The van der Waals surface area contributed by atoms with Crippen molar-refractivity contribution in [3.63, 3.8) is 0 Å². The lowest BCUT2D eigenvalue weighted by atomic mass is 10.1. The second kappa shape index (κ2) is 11.2. The molecule has 4 aromatic carbocycles. The number of imidazole rings is 1. The lowest BCUT2D eigenvalue weighted by Gasteiger charge is -2.12. The Balaban J connectivity index is 1.17. The topological polar surface area (TPSA) is 85.3 Å². The van der Waals surface area contributed by atoms with Crippen LogP contribution < -0.4 is 15.6 Å². The molecule has 1 aromatic heterocycles. The van der Waals surface area contributed by atoms with Crippen LogP contribution in [0.2, 0.25) is 0 Å². The molecule has 0 aliphatic rings. The third kappa shape index (κ3) is 5.67. The van der Waals surface area contributed by atoms with Crippen LogP contribution in [0.1, 0.15) is 12.2 Å². The van der Waals surface area contributed by atoms with Gasteiger partial charge in [0.25, 0.3) is 5.91 Å². The van der Waals surface area contributed by atoms with Crippen LogP contribution in [0, 0.1) is 0 Å². The Kier molecular flexibility index (Phi) is 7.22. The molecule has 0 aliphatic carbocycles. The van der Waals surface area contributed by atoms with Gasteiger partial charge in [0.05, 0.1) is 11.0 Å². The fraction of sp³-hybridized carbons (Fsp3) is 0.100. The normalized spacial score (nSPS) is 10.7. The first-order valence-electron chi connectivity index (χ1n) is 12.1. The summed E-state index contributed by atoms with van der Waals surface area (Å²) >= 11 is 0. The number of para-hydroxylation sites is 4. The molecule has 0 saturated carbocycles. The van der Waals surface area contributed by atoms with Gasteiger partial charge in [-0.15, -0.1) is 0 Å². The quantitative estimate of drug-likeness (QED) is 0.305. The van der Waals surface area contributed by atoms with Gasteiger partial charge in [-0.2, -0.15) is 0 Å². The number of fused-ring (bicyclic) bond motifs is 1. The summed E-state index contributed by atoms with van der Waals surface area (Å²) in [6.07, 6.45) is 0.570. The number of carbonyl (C=O) groups excluding carboxylic acids is 2. The van der Waals surface area contributed by atoms with Gasteiger partial charge in [-0.25, -0.2) is 4.98 Å². The van der Waals surface area contributed by atoms with Crippen LogP contribution in [-0.2, 0) is 16.0 Å². The molecule has 184 valence electrons. The Labute approximate surface area is 214 Å².